The minimum atomic E-state index is -5.23. The summed E-state index contributed by atoms with van der Waals surface area (Å²) in [5, 5.41) is 17.6. The zero-order valence-electron chi connectivity index (χ0n) is 20.6. The van der Waals surface area contributed by atoms with Gasteiger partial charge in [0.15, 0.2) is 5.44 Å². The second kappa shape index (κ2) is 12.7. The van der Waals surface area contributed by atoms with Crippen LogP contribution >= 0.6 is 0 Å². The Balaban J connectivity index is 1.69. The summed E-state index contributed by atoms with van der Waals surface area (Å²) in [7, 11) is -5.23. The molecule has 2 saturated carbocycles. The largest absolute Gasteiger partial charge is 0.746 e. The molecule has 0 spiro atoms. The Morgan fingerprint density at radius 3 is 2.30 bits per heavy atom. The van der Waals surface area contributed by atoms with Gasteiger partial charge in [-0.15, -0.1) is 0 Å². The zero-order valence-corrected chi connectivity index (χ0v) is 21.4. The van der Waals surface area contributed by atoms with Crippen LogP contribution in [0.15, 0.2) is 0 Å². The predicted octanol–water partition coefficient (Wildman–Crippen LogP) is 1.50. The van der Waals surface area contributed by atoms with Crippen molar-refractivity contribution in [3.63, 3.8) is 0 Å². The maximum Gasteiger partial charge on any atom is 0.408 e. The van der Waals surface area contributed by atoms with Crippen LogP contribution in [-0.4, -0.2) is 72.1 Å². The average Bonchev–Trinajstić information content (AvgIpc) is 3.23. The van der Waals surface area contributed by atoms with E-state index in [1.54, 1.807) is 0 Å². The first kappa shape index (κ1) is 29.5. The summed E-state index contributed by atoms with van der Waals surface area (Å²) in [6.07, 6.45) is 2.33. The standard InChI is InChI=1S/C23H37F2N3O8S/c24-23(25)9-6-16(7-10-23)36-22(32)28-17(12-14-4-2-1-3-5-14)20(30)27-18(21(31)37(33,34)35)13-15-8-11-26-19(15)29/h14-18,21,31H,1-13H2,(H,26,29)(H,27,30)(H,28,32)(H,33,34,35)/p-1/t15-,17-,18-,21?/m0/s1. The van der Waals surface area contributed by atoms with Crippen molar-refractivity contribution in [2.24, 2.45) is 11.8 Å². The Hall–Kier alpha value is -2.06. The molecule has 11 nitrogen and oxygen atoms in total. The van der Waals surface area contributed by atoms with E-state index >= 15 is 0 Å². The van der Waals surface area contributed by atoms with E-state index in [4.69, 9.17) is 4.74 Å². The molecule has 212 valence electrons. The van der Waals surface area contributed by atoms with Crippen molar-refractivity contribution in [2.75, 3.05) is 6.54 Å². The smallest absolute Gasteiger partial charge is 0.408 e. The summed E-state index contributed by atoms with van der Waals surface area (Å²) < 4.78 is 66.7. The summed E-state index contributed by atoms with van der Waals surface area (Å²) in [5.74, 6) is -4.63. The highest BCUT2D eigenvalue weighted by molar-refractivity contribution is 7.86. The lowest BCUT2D eigenvalue weighted by Crippen LogP contribution is -2.55. The second-order valence-corrected chi connectivity index (χ2v) is 11.9. The molecule has 0 aromatic carbocycles. The molecule has 3 fully saturated rings. The lowest BCUT2D eigenvalue weighted by Gasteiger charge is -2.32. The first-order valence-corrected chi connectivity index (χ1v) is 14.4. The molecule has 4 atom stereocenters. The van der Waals surface area contributed by atoms with E-state index in [1.807, 2.05) is 0 Å². The lowest BCUT2D eigenvalue weighted by atomic mass is 9.84. The number of alkyl halides is 2. The van der Waals surface area contributed by atoms with Gasteiger partial charge in [-0.2, -0.15) is 0 Å². The van der Waals surface area contributed by atoms with Crippen molar-refractivity contribution in [3.8, 4) is 0 Å². The van der Waals surface area contributed by atoms with E-state index in [-0.39, 0.29) is 37.5 Å². The van der Waals surface area contributed by atoms with Crippen LogP contribution in [0.3, 0.4) is 0 Å². The number of nitrogens with one attached hydrogen (secondary N) is 3. The summed E-state index contributed by atoms with van der Waals surface area (Å²) in [5.41, 5.74) is -2.49. The van der Waals surface area contributed by atoms with Gasteiger partial charge < -0.3 is 30.3 Å². The maximum atomic E-state index is 13.4. The van der Waals surface area contributed by atoms with E-state index in [0.29, 0.717) is 13.0 Å². The number of rotatable bonds is 10. The third-order valence-corrected chi connectivity index (χ3v) is 8.43. The van der Waals surface area contributed by atoms with Gasteiger partial charge in [0.25, 0.3) is 0 Å². The van der Waals surface area contributed by atoms with Crippen LogP contribution in [0.2, 0.25) is 0 Å². The molecule has 37 heavy (non-hydrogen) atoms. The van der Waals surface area contributed by atoms with Crippen molar-refractivity contribution >= 4 is 28.0 Å². The molecule has 1 unspecified atom stereocenters. The normalized spacial score (nSPS) is 25.5. The van der Waals surface area contributed by atoms with Gasteiger partial charge in [-0.3, -0.25) is 9.59 Å². The van der Waals surface area contributed by atoms with E-state index in [0.717, 1.165) is 32.1 Å². The number of hydrogen-bond acceptors (Lipinski definition) is 8. The molecular weight excluding hydrogens is 516 g/mol. The fraction of sp³-hybridized carbons (Fsp3) is 0.870. The van der Waals surface area contributed by atoms with Crippen LogP contribution in [-0.2, 0) is 24.4 Å². The predicted molar refractivity (Wildman–Crippen MR) is 125 cm³/mol. The Labute approximate surface area is 215 Å². The van der Waals surface area contributed by atoms with Crippen LogP contribution in [0.5, 0.6) is 0 Å². The SMILES string of the molecule is O=C(N[C@@H](CC1CCCCC1)C(=O)N[C@@H](C[C@@H]1CCNC1=O)C(O)S(=O)(=O)[O-])OC1CCC(F)(F)CC1. The fourth-order valence-electron chi connectivity index (χ4n) is 5.35. The van der Waals surface area contributed by atoms with E-state index in [2.05, 4.69) is 16.0 Å². The highest BCUT2D eigenvalue weighted by Gasteiger charge is 2.38. The quantitative estimate of drug-likeness (QED) is 0.295. The number of carbonyl (C=O) groups excluding carboxylic acids is 3. The van der Waals surface area contributed by atoms with Gasteiger partial charge in [0.1, 0.15) is 22.3 Å². The zero-order chi connectivity index (χ0) is 27.2. The second-order valence-electron chi connectivity index (χ2n) is 10.4. The van der Waals surface area contributed by atoms with Crippen molar-refractivity contribution in [2.45, 2.75) is 107 Å². The van der Waals surface area contributed by atoms with Gasteiger partial charge in [0, 0.05) is 25.3 Å². The first-order chi connectivity index (χ1) is 17.3. The molecule has 3 amide bonds. The topological polar surface area (TPSA) is 174 Å². The minimum absolute atomic E-state index is 0.0149. The summed E-state index contributed by atoms with van der Waals surface area (Å²) in [6.45, 7) is 0.342. The molecule has 4 N–H and O–H groups in total. The summed E-state index contributed by atoms with van der Waals surface area (Å²) >= 11 is 0. The van der Waals surface area contributed by atoms with E-state index < -0.39 is 70.4 Å². The Bertz CT molecular complexity index is 919. The molecule has 3 rings (SSSR count). The van der Waals surface area contributed by atoms with Crippen LogP contribution < -0.4 is 16.0 Å². The van der Waals surface area contributed by atoms with Gasteiger partial charge >= 0.3 is 6.09 Å². The Morgan fingerprint density at radius 1 is 1.08 bits per heavy atom. The van der Waals surface area contributed by atoms with E-state index in [9.17, 15) is 41.2 Å². The summed E-state index contributed by atoms with van der Waals surface area (Å²) in [6, 6.07) is -2.75. The number of ether oxygens (including phenoxy) is 1. The van der Waals surface area contributed by atoms with Crippen molar-refractivity contribution in [1.82, 2.24) is 16.0 Å². The number of alkyl carbamates (subject to hydrolysis) is 1. The number of aliphatic hydroxyl groups is 1. The maximum absolute atomic E-state index is 13.4. The number of hydrogen-bond donors (Lipinski definition) is 4. The molecular formula is C23H36F2N3O8S-. The minimum Gasteiger partial charge on any atom is -0.746 e. The number of carbonyl (C=O) groups is 3. The Kier molecular flexibility index (Phi) is 10.1. The highest BCUT2D eigenvalue weighted by Crippen LogP contribution is 2.34. The third kappa shape index (κ3) is 9.02. The lowest BCUT2D eigenvalue weighted by molar-refractivity contribution is -0.126. The van der Waals surface area contributed by atoms with Crippen LogP contribution in [0.4, 0.5) is 13.6 Å². The van der Waals surface area contributed by atoms with Gasteiger partial charge in [-0.25, -0.2) is 22.0 Å². The monoisotopic (exact) mass is 552 g/mol. The molecule has 3 aliphatic rings. The molecule has 0 bridgehead atoms. The van der Waals surface area contributed by atoms with Crippen molar-refractivity contribution in [1.29, 1.82) is 0 Å². The average molecular weight is 553 g/mol. The highest BCUT2D eigenvalue weighted by atomic mass is 32.2. The van der Waals surface area contributed by atoms with Crippen LogP contribution in [0.25, 0.3) is 0 Å². The number of aliphatic hydroxyl groups excluding tert-OH is 1. The molecule has 1 aliphatic heterocycles. The van der Waals surface area contributed by atoms with Gasteiger partial charge in [-0.05, 0) is 38.0 Å². The molecule has 14 heteroatoms. The number of halogens is 2. The molecule has 1 heterocycles. The van der Waals surface area contributed by atoms with Crippen molar-refractivity contribution in [3.05, 3.63) is 0 Å². The van der Waals surface area contributed by atoms with Gasteiger partial charge in [0.05, 0.1) is 6.04 Å². The van der Waals surface area contributed by atoms with Crippen molar-refractivity contribution < 1.29 is 46.0 Å². The van der Waals surface area contributed by atoms with Gasteiger partial charge in [-0.1, -0.05) is 32.1 Å². The molecule has 0 aromatic rings. The van der Waals surface area contributed by atoms with E-state index in [1.165, 1.54) is 0 Å². The van der Waals surface area contributed by atoms with Crippen LogP contribution in [0.1, 0.15) is 77.0 Å². The number of amides is 3. The molecule has 0 aromatic heterocycles. The molecule has 2 aliphatic carbocycles. The fourth-order valence-corrected chi connectivity index (χ4v) is 5.94. The third-order valence-electron chi connectivity index (χ3n) is 7.51. The Morgan fingerprint density at radius 2 is 1.73 bits per heavy atom. The molecule has 0 radical (unpaired) electrons. The van der Waals surface area contributed by atoms with Gasteiger partial charge in [0.2, 0.25) is 17.7 Å². The summed E-state index contributed by atoms with van der Waals surface area (Å²) in [4.78, 5) is 37.8. The van der Waals surface area contributed by atoms with Crippen LogP contribution in [0, 0.1) is 11.8 Å². The molecule has 1 saturated heterocycles. The first-order valence-electron chi connectivity index (χ1n) is 12.9.